The van der Waals surface area contributed by atoms with Crippen LogP contribution in [0.25, 0.3) is 0 Å². The van der Waals surface area contributed by atoms with E-state index in [-0.39, 0.29) is 12.0 Å². The molecule has 4 unspecified atom stereocenters. The monoisotopic (exact) mass is 296 g/mol. The predicted octanol–water partition coefficient (Wildman–Crippen LogP) is 2.47. The van der Waals surface area contributed by atoms with Gasteiger partial charge in [-0.05, 0) is 50.5 Å². The molecule has 1 saturated heterocycles. The van der Waals surface area contributed by atoms with Gasteiger partial charge in [0.2, 0.25) is 0 Å². The normalized spacial score (nSPS) is 31.3. The second kappa shape index (κ2) is 8.14. The van der Waals surface area contributed by atoms with E-state index in [0.29, 0.717) is 23.9 Å². The molecule has 1 aliphatic carbocycles. The lowest BCUT2D eigenvalue weighted by molar-refractivity contribution is -0.144. The number of methoxy groups -OCH3 is 1. The number of piperidine rings is 1. The summed E-state index contributed by atoms with van der Waals surface area (Å²) in [6.45, 7) is 5.47. The van der Waals surface area contributed by atoms with Crippen LogP contribution in [0.3, 0.4) is 0 Å². The molecule has 0 aromatic heterocycles. The van der Waals surface area contributed by atoms with E-state index < -0.39 is 0 Å². The molecule has 2 rings (SSSR count). The van der Waals surface area contributed by atoms with Crippen molar-refractivity contribution in [3.8, 4) is 0 Å². The van der Waals surface area contributed by atoms with Gasteiger partial charge >= 0.3 is 5.97 Å². The van der Waals surface area contributed by atoms with E-state index in [0.717, 1.165) is 13.0 Å². The Morgan fingerprint density at radius 1 is 1.24 bits per heavy atom. The number of carbonyl (C=O) groups excluding carboxylic acids is 1. The first-order valence-electron chi connectivity index (χ1n) is 8.69. The molecule has 122 valence electrons. The van der Waals surface area contributed by atoms with Crippen molar-refractivity contribution in [2.24, 2.45) is 11.8 Å². The first-order chi connectivity index (χ1) is 10.1. The Morgan fingerprint density at radius 2 is 2.05 bits per heavy atom. The van der Waals surface area contributed by atoms with Gasteiger partial charge in [-0.1, -0.05) is 26.7 Å². The Balaban J connectivity index is 1.95. The highest BCUT2D eigenvalue weighted by atomic mass is 16.5. The van der Waals surface area contributed by atoms with Gasteiger partial charge in [0.1, 0.15) is 6.04 Å². The molecule has 0 spiro atoms. The fourth-order valence-electron chi connectivity index (χ4n) is 4.03. The van der Waals surface area contributed by atoms with Crippen LogP contribution >= 0.6 is 0 Å². The van der Waals surface area contributed by atoms with E-state index in [2.05, 4.69) is 24.5 Å². The third-order valence-corrected chi connectivity index (χ3v) is 5.04. The average Bonchev–Trinajstić information content (AvgIpc) is 2.94. The SMILES string of the molecule is COC(=O)C(CC(C)C)NC1CCCC1C1CCCCN1. The van der Waals surface area contributed by atoms with Gasteiger partial charge in [0.25, 0.3) is 0 Å². The third kappa shape index (κ3) is 4.68. The van der Waals surface area contributed by atoms with E-state index in [4.69, 9.17) is 4.74 Å². The highest BCUT2D eigenvalue weighted by Crippen LogP contribution is 2.32. The fraction of sp³-hybridized carbons (Fsp3) is 0.941. The molecule has 4 atom stereocenters. The van der Waals surface area contributed by atoms with Gasteiger partial charge in [0.05, 0.1) is 7.11 Å². The Hall–Kier alpha value is -0.610. The first kappa shape index (κ1) is 16.8. The predicted molar refractivity (Wildman–Crippen MR) is 85.2 cm³/mol. The summed E-state index contributed by atoms with van der Waals surface area (Å²) in [5, 5.41) is 7.32. The van der Waals surface area contributed by atoms with E-state index in [1.165, 1.54) is 45.6 Å². The van der Waals surface area contributed by atoms with Crippen molar-refractivity contribution in [1.29, 1.82) is 0 Å². The van der Waals surface area contributed by atoms with Crippen molar-refractivity contribution in [2.45, 2.75) is 76.9 Å². The maximum atomic E-state index is 12.0. The summed E-state index contributed by atoms with van der Waals surface area (Å²) in [5.41, 5.74) is 0. The topological polar surface area (TPSA) is 50.4 Å². The highest BCUT2D eigenvalue weighted by Gasteiger charge is 2.36. The zero-order chi connectivity index (χ0) is 15.2. The van der Waals surface area contributed by atoms with Crippen molar-refractivity contribution in [1.82, 2.24) is 10.6 Å². The molecule has 1 aliphatic heterocycles. The largest absolute Gasteiger partial charge is 0.468 e. The Bertz CT molecular complexity index is 327. The van der Waals surface area contributed by atoms with Crippen LogP contribution in [0.2, 0.25) is 0 Å². The van der Waals surface area contributed by atoms with Crippen molar-refractivity contribution in [2.75, 3.05) is 13.7 Å². The van der Waals surface area contributed by atoms with Crippen molar-refractivity contribution >= 4 is 5.97 Å². The average molecular weight is 296 g/mol. The molecule has 0 amide bonds. The minimum atomic E-state index is -0.149. The van der Waals surface area contributed by atoms with Crippen molar-refractivity contribution in [3.05, 3.63) is 0 Å². The van der Waals surface area contributed by atoms with Crippen LogP contribution in [-0.2, 0) is 9.53 Å². The summed E-state index contributed by atoms with van der Waals surface area (Å²) >= 11 is 0. The van der Waals surface area contributed by atoms with Crippen LogP contribution in [-0.4, -0.2) is 37.7 Å². The molecule has 0 aromatic rings. The second-order valence-corrected chi connectivity index (χ2v) is 7.13. The fourth-order valence-corrected chi connectivity index (χ4v) is 4.03. The van der Waals surface area contributed by atoms with E-state index in [1.54, 1.807) is 0 Å². The molecule has 21 heavy (non-hydrogen) atoms. The molecule has 2 aliphatic rings. The molecule has 1 saturated carbocycles. The number of nitrogens with one attached hydrogen (secondary N) is 2. The number of ether oxygens (including phenoxy) is 1. The van der Waals surface area contributed by atoms with Gasteiger partial charge in [-0.2, -0.15) is 0 Å². The van der Waals surface area contributed by atoms with Crippen LogP contribution in [0.1, 0.15) is 58.8 Å². The van der Waals surface area contributed by atoms with Crippen molar-refractivity contribution in [3.63, 3.8) is 0 Å². The van der Waals surface area contributed by atoms with E-state index >= 15 is 0 Å². The molecular formula is C17H32N2O2. The summed E-state index contributed by atoms with van der Waals surface area (Å²) in [5.74, 6) is 1.06. The number of carbonyl (C=O) groups is 1. The van der Waals surface area contributed by atoms with Gasteiger partial charge in [-0.3, -0.25) is 4.79 Å². The van der Waals surface area contributed by atoms with Gasteiger partial charge in [0, 0.05) is 12.1 Å². The van der Waals surface area contributed by atoms with Gasteiger partial charge in [-0.15, -0.1) is 0 Å². The quantitative estimate of drug-likeness (QED) is 0.739. The molecule has 4 heteroatoms. The van der Waals surface area contributed by atoms with Crippen molar-refractivity contribution < 1.29 is 9.53 Å². The lowest BCUT2D eigenvalue weighted by atomic mass is 9.87. The summed E-state index contributed by atoms with van der Waals surface area (Å²) < 4.78 is 4.99. The molecule has 0 radical (unpaired) electrons. The van der Waals surface area contributed by atoms with Crippen LogP contribution in [0.15, 0.2) is 0 Å². The smallest absolute Gasteiger partial charge is 0.322 e. The maximum absolute atomic E-state index is 12.0. The summed E-state index contributed by atoms with van der Waals surface area (Å²) in [7, 11) is 1.49. The highest BCUT2D eigenvalue weighted by molar-refractivity contribution is 5.75. The summed E-state index contributed by atoms with van der Waals surface area (Å²) in [6.07, 6.45) is 8.53. The molecule has 2 fully saturated rings. The van der Waals surface area contributed by atoms with Crippen LogP contribution in [0.5, 0.6) is 0 Å². The van der Waals surface area contributed by atoms with Gasteiger partial charge < -0.3 is 15.4 Å². The minimum Gasteiger partial charge on any atom is -0.468 e. The lowest BCUT2D eigenvalue weighted by Crippen LogP contribution is -2.51. The zero-order valence-corrected chi connectivity index (χ0v) is 13.9. The molecule has 2 N–H and O–H groups in total. The summed E-state index contributed by atoms with van der Waals surface area (Å²) in [6, 6.07) is 0.948. The lowest BCUT2D eigenvalue weighted by Gasteiger charge is -2.34. The molecule has 1 heterocycles. The van der Waals surface area contributed by atoms with Crippen LogP contribution in [0.4, 0.5) is 0 Å². The molecule has 4 nitrogen and oxygen atoms in total. The van der Waals surface area contributed by atoms with Crippen LogP contribution in [0, 0.1) is 11.8 Å². The maximum Gasteiger partial charge on any atom is 0.322 e. The standard InChI is InChI=1S/C17H32N2O2/c1-12(2)11-16(17(20)21-3)19-15-9-6-7-13(15)14-8-4-5-10-18-14/h12-16,18-19H,4-11H2,1-3H3. The zero-order valence-electron chi connectivity index (χ0n) is 13.9. The molecule has 0 bridgehead atoms. The molecular weight excluding hydrogens is 264 g/mol. The van der Waals surface area contributed by atoms with E-state index in [1.807, 2.05) is 0 Å². The minimum absolute atomic E-state index is 0.106. The second-order valence-electron chi connectivity index (χ2n) is 7.13. The number of esters is 1. The Kier molecular flexibility index (Phi) is 6.49. The first-order valence-corrected chi connectivity index (χ1v) is 8.69. The Morgan fingerprint density at radius 3 is 2.67 bits per heavy atom. The van der Waals surface area contributed by atoms with E-state index in [9.17, 15) is 4.79 Å². The molecule has 0 aromatic carbocycles. The summed E-state index contributed by atoms with van der Waals surface area (Å²) in [4.78, 5) is 12.0. The van der Waals surface area contributed by atoms with Crippen LogP contribution < -0.4 is 10.6 Å². The number of hydrogen-bond donors (Lipinski definition) is 2. The number of hydrogen-bond acceptors (Lipinski definition) is 4. The number of rotatable bonds is 6. The van der Waals surface area contributed by atoms with Gasteiger partial charge in [0.15, 0.2) is 0 Å². The Labute approximate surface area is 129 Å². The van der Waals surface area contributed by atoms with Gasteiger partial charge in [-0.25, -0.2) is 0 Å². The third-order valence-electron chi connectivity index (χ3n) is 5.04.